The third-order valence-electron chi connectivity index (χ3n) is 8.87. The molecule has 0 radical (unpaired) electrons. The topological polar surface area (TPSA) is 45.5 Å². The summed E-state index contributed by atoms with van der Waals surface area (Å²) < 4.78 is 0. The monoisotopic (exact) mass is 376 g/mol. The van der Waals surface area contributed by atoms with Gasteiger partial charge in [0, 0.05) is 12.4 Å². The first kappa shape index (κ1) is 18.1. The highest BCUT2D eigenvalue weighted by molar-refractivity contribution is 5.96. The Labute approximate surface area is 168 Å². The minimum Gasteiger partial charge on any atom is -0.411 e. The van der Waals surface area contributed by atoms with Gasteiger partial charge < -0.3 is 5.21 Å². The number of nitrogens with zero attached hydrogens (tertiary/aromatic N) is 2. The van der Waals surface area contributed by atoms with Crippen molar-refractivity contribution < 1.29 is 5.21 Å². The highest BCUT2D eigenvalue weighted by atomic mass is 16.4. The largest absolute Gasteiger partial charge is 0.411 e. The van der Waals surface area contributed by atoms with Gasteiger partial charge in [0.05, 0.1) is 5.71 Å². The highest BCUT2D eigenvalue weighted by Crippen LogP contribution is 2.66. The third kappa shape index (κ3) is 2.47. The summed E-state index contributed by atoms with van der Waals surface area (Å²) in [6.07, 6.45) is 17.1. The van der Waals surface area contributed by atoms with E-state index in [0.717, 1.165) is 36.3 Å². The van der Waals surface area contributed by atoms with E-state index in [1.165, 1.54) is 43.2 Å². The molecule has 1 aromatic heterocycles. The van der Waals surface area contributed by atoms with Crippen molar-refractivity contribution in [1.29, 1.82) is 0 Å². The van der Waals surface area contributed by atoms with Crippen LogP contribution in [-0.2, 0) is 0 Å². The first-order valence-electron chi connectivity index (χ1n) is 11.0. The molecule has 28 heavy (non-hydrogen) atoms. The van der Waals surface area contributed by atoms with Crippen LogP contribution in [-0.4, -0.2) is 15.9 Å². The van der Waals surface area contributed by atoms with Crippen molar-refractivity contribution in [3.05, 3.63) is 47.3 Å². The zero-order valence-electron chi connectivity index (χ0n) is 17.4. The Morgan fingerprint density at radius 2 is 1.93 bits per heavy atom. The predicted octanol–water partition coefficient (Wildman–Crippen LogP) is 6.18. The van der Waals surface area contributed by atoms with Crippen LogP contribution in [0.1, 0.15) is 69.9 Å². The van der Waals surface area contributed by atoms with E-state index < -0.39 is 0 Å². The summed E-state index contributed by atoms with van der Waals surface area (Å²) >= 11 is 0. The van der Waals surface area contributed by atoms with Crippen LogP contribution in [0.25, 0.3) is 5.57 Å². The smallest absolute Gasteiger partial charge is 0.0795 e. The molecule has 2 saturated carbocycles. The maximum Gasteiger partial charge on any atom is 0.0795 e. The molecule has 2 fully saturated rings. The van der Waals surface area contributed by atoms with Crippen LogP contribution >= 0.6 is 0 Å². The van der Waals surface area contributed by atoms with Gasteiger partial charge >= 0.3 is 0 Å². The second kappa shape index (κ2) is 6.30. The molecule has 5 atom stereocenters. The summed E-state index contributed by atoms with van der Waals surface area (Å²) in [7, 11) is 0. The Morgan fingerprint density at radius 3 is 2.71 bits per heavy atom. The fraction of sp³-hybridized carbons (Fsp3) is 0.600. The number of rotatable bonds is 1. The van der Waals surface area contributed by atoms with E-state index in [2.05, 4.69) is 55.3 Å². The standard InChI is InChI=1S/C25H32N2O/c1-16-12-17(15-26-14-16)21-6-7-22-20-5-4-18-13-19(27-28)8-10-24(18,2)23(20)9-11-25(21,22)3/h6,12-15,20,22-23,28H,4-5,7-11H2,1-3H3/b27-19+. The molecule has 0 aromatic carbocycles. The molecule has 1 aromatic rings. The van der Waals surface area contributed by atoms with Crippen LogP contribution in [0.2, 0.25) is 0 Å². The molecule has 4 aliphatic rings. The van der Waals surface area contributed by atoms with Crippen LogP contribution in [0.5, 0.6) is 0 Å². The van der Waals surface area contributed by atoms with E-state index in [0.29, 0.717) is 10.8 Å². The Balaban J connectivity index is 1.47. The Bertz CT molecular complexity index is 898. The molecule has 0 amide bonds. The van der Waals surface area contributed by atoms with Crippen LogP contribution in [0, 0.1) is 35.5 Å². The number of hydrogen-bond donors (Lipinski definition) is 1. The lowest BCUT2D eigenvalue weighted by Gasteiger charge is -2.58. The molecule has 4 aliphatic carbocycles. The van der Waals surface area contributed by atoms with Crippen molar-refractivity contribution in [2.45, 2.75) is 65.7 Å². The van der Waals surface area contributed by atoms with Crippen molar-refractivity contribution >= 4 is 11.3 Å². The first-order valence-corrected chi connectivity index (χ1v) is 11.0. The van der Waals surface area contributed by atoms with E-state index in [-0.39, 0.29) is 0 Å². The SMILES string of the molecule is Cc1cncc(C2=CCC3C4CCC5=C/C(=N/O)CCC5(C)C4CCC23C)c1. The van der Waals surface area contributed by atoms with Crippen molar-refractivity contribution in [3.8, 4) is 0 Å². The van der Waals surface area contributed by atoms with Gasteiger partial charge in [-0.3, -0.25) is 4.98 Å². The third-order valence-corrected chi connectivity index (χ3v) is 8.87. The summed E-state index contributed by atoms with van der Waals surface area (Å²) in [5.41, 5.74) is 7.16. The molecule has 0 aliphatic heterocycles. The van der Waals surface area contributed by atoms with Crippen molar-refractivity contribution in [2.75, 3.05) is 0 Å². The number of fused-ring (bicyclic) bond motifs is 5. The van der Waals surface area contributed by atoms with Gasteiger partial charge in [0.25, 0.3) is 0 Å². The number of oxime groups is 1. The van der Waals surface area contributed by atoms with Crippen molar-refractivity contribution in [2.24, 2.45) is 33.7 Å². The second-order valence-corrected chi connectivity index (χ2v) is 10.2. The average molecular weight is 377 g/mol. The molecule has 1 heterocycles. The lowest BCUT2D eigenvalue weighted by molar-refractivity contribution is -0.0190. The van der Waals surface area contributed by atoms with Crippen molar-refractivity contribution in [3.63, 3.8) is 0 Å². The van der Waals surface area contributed by atoms with E-state index in [1.807, 2.05) is 6.20 Å². The predicted molar refractivity (Wildman–Crippen MR) is 113 cm³/mol. The zero-order chi connectivity index (χ0) is 19.5. The molecule has 3 heteroatoms. The van der Waals surface area contributed by atoms with Crippen molar-refractivity contribution in [1.82, 2.24) is 4.98 Å². The van der Waals surface area contributed by atoms with Gasteiger partial charge in [-0.2, -0.15) is 0 Å². The number of hydrogen-bond acceptors (Lipinski definition) is 3. The van der Waals surface area contributed by atoms with Gasteiger partial charge in [0.15, 0.2) is 0 Å². The summed E-state index contributed by atoms with van der Waals surface area (Å²) in [5, 5.41) is 12.8. The van der Waals surface area contributed by atoms with E-state index in [4.69, 9.17) is 0 Å². The molecule has 0 saturated heterocycles. The quantitative estimate of drug-likeness (QED) is 0.470. The second-order valence-electron chi connectivity index (χ2n) is 10.2. The van der Waals surface area contributed by atoms with Crippen LogP contribution in [0.15, 0.2) is 41.3 Å². The van der Waals surface area contributed by atoms with Gasteiger partial charge in [-0.25, -0.2) is 0 Å². The first-order chi connectivity index (χ1) is 13.5. The molecule has 148 valence electrons. The summed E-state index contributed by atoms with van der Waals surface area (Å²) in [4.78, 5) is 4.48. The molecule has 5 unspecified atom stereocenters. The molecular weight excluding hydrogens is 344 g/mol. The maximum atomic E-state index is 9.24. The number of aromatic nitrogens is 1. The van der Waals surface area contributed by atoms with E-state index in [9.17, 15) is 5.21 Å². The Morgan fingerprint density at radius 1 is 1.07 bits per heavy atom. The van der Waals surface area contributed by atoms with Gasteiger partial charge in [-0.1, -0.05) is 30.7 Å². The molecule has 3 nitrogen and oxygen atoms in total. The van der Waals surface area contributed by atoms with Crippen LogP contribution < -0.4 is 0 Å². The summed E-state index contributed by atoms with van der Waals surface area (Å²) in [6.45, 7) is 7.17. The number of allylic oxidation sites excluding steroid dienone is 4. The van der Waals surface area contributed by atoms with Gasteiger partial charge in [-0.05, 0) is 109 Å². The minimum atomic E-state index is 0.292. The number of aryl methyl sites for hydroxylation is 1. The summed E-state index contributed by atoms with van der Waals surface area (Å²) in [5.74, 6) is 2.34. The Kier molecular flexibility index (Phi) is 4.08. The van der Waals surface area contributed by atoms with Gasteiger partial charge in [0.2, 0.25) is 0 Å². The summed E-state index contributed by atoms with van der Waals surface area (Å²) in [6, 6.07) is 2.32. The Hall–Kier alpha value is -1.90. The van der Waals surface area contributed by atoms with Gasteiger partial charge in [-0.15, -0.1) is 0 Å². The fourth-order valence-corrected chi connectivity index (χ4v) is 7.37. The van der Waals surface area contributed by atoms with Crippen LogP contribution in [0.3, 0.4) is 0 Å². The minimum absolute atomic E-state index is 0.292. The molecule has 0 bridgehead atoms. The zero-order valence-corrected chi connectivity index (χ0v) is 17.4. The van der Waals surface area contributed by atoms with E-state index >= 15 is 0 Å². The van der Waals surface area contributed by atoms with Gasteiger partial charge in [0.1, 0.15) is 0 Å². The molecule has 1 N–H and O–H groups in total. The highest BCUT2D eigenvalue weighted by Gasteiger charge is 2.57. The average Bonchev–Trinajstić information content (AvgIpc) is 3.04. The normalized spacial score (nSPS) is 41.0. The number of pyridine rings is 1. The van der Waals surface area contributed by atoms with E-state index in [1.54, 1.807) is 11.1 Å². The lowest BCUT2D eigenvalue weighted by atomic mass is 9.46. The molecule has 5 rings (SSSR count). The molecule has 0 spiro atoms. The molecular formula is C25H32N2O. The van der Waals surface area contributed by atoms with Crippen LogP contribution in [0.4, 0.5) is 0 Å². The fourth-order valence-electron chi connectivity index (χ4n) is 7.37. The maximum absolute atomic E-state index is 9.24. The lowest BCUT2D eigenvalue weighted by Crippen LogP contribution is -2.49.